The Morgan fingerprint density at radius 3 is 2.54 bits per heavy atom. The van der Waals surface area contributed by atoms with Crippen LogP contribution in [0, 0.1) is 5.82 Å². The monoisotopic (exact) mass is 246 g/mol. The van der Waals surface area contributed by atoms with Gasteiger partial charge in [0.05, 0.1) is 4.47 Å². The van der Waals surface area contributed by atoms with Crippen molar-refractivity contribution in [2.75, 3.05) is 0 Å². The van der Waals surface area contributed by atoms with Gasteiger partial charge in [-0.3, -0.25) is 0 Å². The first-order chi connectivity index (χ1) is 6.06. The Morgan fingerprint density at radius 2 is 2.08 bits per heavy atom. The summed E-state index contributed by atoms with van der Waals surface area (Å²) in [6.07, 6.45) is 0.721. The van der Waals surface area contributed by atoms with E-state index in [9.17, 15) is 4.39 Å². The van der Waals surface area contributed by atoms with E-state index in [1.54, 1.807) is 6.07 Å². The molecule has 2 nitrogen and oxygen atoms in total. The van der Waals surface area contributed by atoms with E-state index in [2.05, 4.69) is 15.9 Å². The van der Waals surface area contributed by atoms with Crippen LogP contribution in [0.4, 0.5) is 4.39 Å². The van der Waals surface area contributed by atoms with Crippen molar-refractivity contribution in [3.05, 3.63) is 28.0 Å². The topological polar surface area (TPSA) is 40.5 Å². The van der Waals surface area contributed by atoms with Crippen molar-refractivity contribution < 1.29 is 14.4 Å². The second-order valence-corrected chi connectivity index (χ2v) is 3.56. The zero-order valence-corrected chi connectivity index (χ0v) is 8.68. The molecule has 0 saturated carbocycles. The van der Waals surface area contributed by atoms with Gasteiger partial charge in [-0.15, -0.1) is 0 Å². The molecule has 1 rings (SSSR count). The number of aryl methyl sites for hydroxylation is 1. The van der Waals surface area contributed by atoms with E-state index < -0.39 is 12.9 Å². The predicted octanol–water partition coefficient (Wildman–Crippen LogP) is 0.830. The summed E-state index contributed by atoms with van der Waals surface area (Å²) in [5.41, 5.74) is 0.766. The highest BCUT2D eigenvalue weighted by atomic mass is 79.9. The standard InChI is InChI=1S/C8H9BBrFO2/c1-2-5-3-6(9(12)13)8(11)7(10)4-5/h3-4,12-13H,2H2,1H3. The highest BCUT2D eigenvalue weighted by Gasteiger charge is 2.19. The quantitative estimate of drug-likeness (QED) is 0.760. The molecule has 0 radical (unpaired) electrons. The van der Waals surface area contributed by atoms with Gasteiger partial charge in [0.25, 0.3) is 0 Å². The molecule has 0 heterocycles. The zero-order valence-electron chi connectivity index (χ0n) is 7.09. The molecular weight excluding hydrogens is 238 g/mol. The summed E-state index contributed by atoms with van der Waals surface area (Å²) in [7, 11) is -1.76. The fourth-order valence-electron chi connectivity index (χ4n) is 1.06. The number of halogens is 2. The summed E-state index contributed by atoms with van der Waals surface area (Å²) in [6.45, 7) is 1.91. The van der Waals surface area contributed by atoms with Crippen molar-refractivity contribution in [2.24, 2.45) is 0 Å². The largest absolute Gasteiger partial charge is 0.491 e. The van der Waals surface area contributed by atoms with E-state index in [1.807, 2.05) is 6.92 Å². The van der Waals surface area contributed by atoms with Crippen molar-refractivity contribution in [2.45, 2.75) is 13.3 Å². The number of hydrogen-bond donors (Lipinski definition) is 2. The molecule has 2 N–H and O–H groups in total. The van der Waals surface area contributed by atoms with Crippen LogP contribution in [0.5, 0.6) is 0 Å². The molecular formula is C8H9BBrFO2. The van der Waals surface area contributed by atoms with Gasteiger partial charge in [0.15, 0.2) is 0 Å². The van der Waals surface area contributed by atoms with Gasteiger partial charge in [-0.1, -0.05) is 13.0 Å². The van der Waals surface area contributed by atoms with E-state index in [-0.39, 0.29) is 9.94 Å². The van der Waals surface area contributed by atoms with Gasteiger partial charge < -0.3 is 10.0 Å². The second-order valence-electron chi connectivity index (χ2n) is 2.71. The molecule has 0 atom stereocenters. The average molecular weight is 247 g/mol. The molecule has 5 heteroatoms. The van der Waals surface area contributed by atoms with Gasteiger partial charge in [-0.05, 0) is 34.0 Å². The molecule has 0 aliphatic carbocycles. The van der Waals surface area contributed by atoms with E-state index in [1.165, 1.54) is 6.07 Å². The molecule has 0 unspecified atom stereocenters. The first-order valence-electron chi connectivity index (χ1n) is 3.90. The number of benzene rings is 1. The maximum Gasteiger partial charge on any atom is 0.491 e. The second kappa shape index (κ2) is 4.22. The fraction of sp³-hybridized carbons (Fsp3) is 0.250. The Bertz CT molecular complexity index is 317. The van der Waals surface area contributed by atoms with Crippen molar-refractivity contribution in [1.29, 1.82) is 0 Å². The molecule has 0 aliphatic heterocycles. The van der Waals surface area contributed by atoms with Crippen LogP contribution < -0.4 is 5.46 Å². The molecule has 0 aliphatic rings. The van der Waals surface area contributed by atoms with Crippen molar-refractivity contribution >= 4 is 28.5 Å². The average Bonchev–Trinajstić information content (AvgIpc) is 2.09. The third-order valence-electron chi connectivity index (χ3n) is 1.80. The van der Waals surface area contributed by atoms with Crippen molar-refractivity contribution in [3.63, 3.8) is 0 Å². The molecule has 1 aromatic carbocycles. The van der Waals surface area contributed by atoms with Crippen LogP contribution in [0.3, 0.4) is 0 Å². The summed E-state index contributed by atoms with van der Waals surface area (Å²) < 4.78 is 13.5. The Balaban J connectivity index is 3.25. The number of hydrogen-bond acceptors (Lipinski definition) is 2. The highest BCUT2D eigenvalue weighted by Crippen LogP contribution is 2.16. The first-order valence-corrected chi connectivity index (χ1v) is 4.69. The third kappa shape index (κ3) is 2.30. The smallest absolute Gasteiger partial charge is 0.423 e. The summed E-state index contributed by atoms with van der Waals surface area (Å²) in [6, 6.07) is 3.08. The van der Waals surface area contributed by atoms with Gasteiger partial charge in [-0.2, -0.15) is 0 Å². The van der Waals surface area contributed by atoms with Gasteiger partial charge in [-0.25, -0.2) is 4.39 Å². The predicted molar refractivity (Wildman–Crippen MR) is 53.3 cm³/mol. The minimum Gasteiger partial charge on any atom is -0.423 e. The van der Waals surface area contributed by atoms with Crippen molar-refractivity contribution in [3.8, 4) is 0 Å². The Hall–Kier alpha value is -0.385. The minimum atomic E-state index is -1.76. The minimum absolute atomic E-state index is 0.0915. The van der Waals surface area contributed by atoms with Crippen LogP contribution in [0.1, 0.15) is 12.5 Å². The Kier molecular flexibility index (Phi) is 3.47. The maximum absolute atomic E-state index is 13.2. The Morgan fingerprint density at radius 1 is 1.46 bits per heavy atom. The lowest BCUT2D eigenvalue weighted by atomic mass is 9.79. The first kappa shape index (κ1) is 10.7. The van der Waals surface area contributed by atoms with Crippen LogP contribution in [0.15, 0.2) is 16.6 Å². The maximum atomic E-state index is 13.2. The summed E-state index contributed by atoms with van der Waals surface area (Å²) in [4.78, 5) is 0. The van der Waals surface area contributed by atoms with Crippen LogP contribution in [-0.4, -0.2) is 17.2 Å². The molecule has 0 aromatic heterocycles. The van der Waals surface area contributed by atoms with E-state index >= 15 is 0 Å². The lowest BCUT2D eigenvalue weighted by molar-refractivity contribution is 0.423. The number of rotatable bonds is 2. The van der Waals surface area contributed by atoms with Crippen LogP contribution in [0.2, 0.25) is 0 Å². The molecule has 1 aromatic rings. The molecule has 0 amide bonds. The lowest BCUT2D eigenvalue weighted by Crippen LogP contribution is -2.33. The van der Waals surface area contributed by atoms with Crippen LogP contribution >= 0.6 is 15.9 Å². The molecule has 0 spiro atoms. The molecule has 0 fully saturated rings. The van der Waals surface area contributed by atoms with E-state index in [0.29, 0.717) is 0 Å². The van der Waals surface area contributed by atoms with Crippen LogP contribution in [0.25, 0.3) is 0 Å². The van der Waals surface area contributed by atoms with E-state index in [0.717, 1.165) is 12.0 Å². The molecule has 0 saturated heterocycles. The molecule has 0 bridgehead atoms. The summed E-state index contributed by atoms with van der Waals surface area (Å²) in [5.74, 6) is -0.618. The third-order valence-corrected chi connectivity index (χ3v) is 2.38. The lowest BCUT2D eigenvalue weighted by Gasteiger charge is -2.06. The van der Waals surface area contributed by atoms with E-state index in [4.69, 9.17) is 10.0 Å². The molecule has 13 heavy (non-hydrogen) atoms. The normalized spacial score (nSPS) is 10.2. The van der Waals surface area contributed by atoms with Gasteiger partial charge in [0.1, 0.15) is 5.82 Å². The molecule has 70 valence electrons. The van der Waals surface area contributed by atoms with Crippen LogP contribution in [-0.2, 0) is 6.42 Å². The summed E-state index contributed by atoms with van der Waals surface area (Å²) >= 11 is 3.01. The SMILES string of the molecule is CCc1cc(Br)c(F)c(B(O)O)c1. The van der Waals surface area contributed by atoms with Crippen molar-refractivity contribution in [1.82, 2.24) is 0 Å². The fourth-order valence-corrected chi connectivity index (χ4v) is 1.58. The zero-order chi connectivity index (χ0) is 10.0. The van der Waals surface area contributed by atoms with Gasteiger partial charge in [0.2, 0.25) is 0 Å². The summed E-state index contributed by atoms with van der Waals surface area (Å²) in [5, 5.41) is 17.7. The van der Waals surface area contributed by atoms with Gasteiger partial charge in [0, 0.05) is 5.46 Å². The highest BCUT2D eigenvalue weighted by molar-refractivity contribution is 9.10. The van der Waals surface area contributed by atoms with Gasteiger partial charge >= 0.3 is 7.12 Å². The Labute approximate surface area is 84.7 Å².